The number of quaternary nitrogens is 1. The second kappa shape index (κ2) is 7.42. The van der Waals surface area contributed by atoms with Crippen LogP contribution in [0, 0.1) is 11.6 Å². The molecule has 0 spiro atoms. The number of allylic oxidation sites excluding steroid dienone is 2. The summed E-state index contributed by atoms with van der Waals surface area (Å²) in [5.74, 6) is -3.16. The number of carbonyl (C=O) groups excluding carboxylic acids is 1. The van der Waals surface area contributed by atoms with Gasteiger partial charge in [0.2, 0.25) is 0 Å². The van der Waals surface area contributed by atoms with E-state index in [0.29, 0.717) is 18.2 Å². The van der Waals surface area contributed by atoms with E-state index in [2.05, 4.69) is 10.4 Å². The van der Waals surface area contributed by atoms with Crippen molar-refractivity contribution in [1.29, 1.82) is 0 Å². The Bertz CT molecular complexity index is 1130. The van der Waals surface area contributed by atoms with Crippen LogP contribution in [0.25, 0.3) is 0 Å². The summed E-state index contributed by atoms with van der Waals surface area (Å²) in [6.45, 7) is 1.76. The summed E-state index contributed by atoms with van der Waals surface area (Å²) in [5.41, 5.74) is 2.53. The van der Waals surface area contributed by atoms with E-state index in [1.54, 1.807) is 19.1 Å². The number of nitrogens with zero attached hydrogens (tertiary/aromatic N) is 2. The molecule has 0 aromatic heterocycles. The maximum Gasteiger partial charge on any atom is 0.416 e. The first kappa shape index (κ1) is 20.9. The number of nitrogens with one attached hydrogen (secondary N) is 1. The van der Waals surface area contributed by atoms with Crippen molar-refractivity contribution in [2.24, 2.45) is 4.99 Å². The fourth-order valence-corrected chi connectivity index (χ4v) is 3.84. The maximum absolute atomic E-state index is 14.6. The molecule has 4 nitrogen and oxygen atoms in total. The highest BCUT2D eigenvalue weighted by atomic mass is 19.4. The van der Waals surface area contributed by atoms with Crippen LogP contribution in [0.2, 0.25) is 0 Å². The van der Waals surface area contributed by atoms with E-state index < -0.39 is 39.8 Å². The number of amides is 1. The molecule has 2 aliphatic rings. The standard InChI is InChI=1S/C22H17F5N3O/c1-2-18-20(16-10-7-14(23)12-17(16)24)21(31)30(19(29-18)4-3-11-28-30)15-8-5-13(6-9-15)22(25,26)27/h3-12,20,28H,2H2,1H3/q+1. The van der Waals surface area contributed by atoms with Gasteiger partial charge in [0.1, 0.15) is 17.6 Å². The molecular formula is C22H17F5N3O+. The predicted octanol–water partition coefficient (Wildman–Crippen LogP) is 5.34. The van der Waals surface area contributed by atoms with Crippen molar-refractivity contribution in [3.8, 4) is 0 Å². The van der Waals surface area contributed by atoms with Gasteiger partial charge >= 0.3 is 12.1 Å². The maximum atomic E-state index is 14.6. The van der Waals surface area contributed by atoms with Crippen LogP contribution in [0.5, 0.6) is 0 Å². The minimum Gasteiger partial charge on any atom is -0.226 e. The van der Waals surface area contributed by atoms with Gasteiger partial charge in [-0.1, -0.05) is 17.6 Å². The van der Waals surface area contributed by atoms with Crippen molar-refractivity contribution in [1.82, 2.24) is 10.0 Å². The third kappa shape index (κ3) is 3.34. The monoisotopic (exact) mass is 434 g/mol. The van der Waals surface area contributed by atoms with Crippen LogP contribution in [0.1, 0.15) is 30.4 Å². The molecule has 0 saturated heterocycles. The first-order chi connectivity index (χ1) is 14.7. The molecular weight excluding hydrogens is 417 g/mol. The summed E-state index contributed by atoms with van der Waals surface area (Å²) < 4.78 is 66.4. The lowest BCUT2D eigenvalue weighted by atomic mass is 9.88. The summed E-state index contributed by atoms with van der Waals surface area (Å²) in [6.07, 6.45) is 0.425. The Morgan fingerprint density at radius 1 is 1.10 bits per heavy atom. The number of hydrogen-bond donors (Lipinski definition) is 1. The molecule has 9 heteroatoms. The molecule has 1 amide bonds. The summed E-state index contributed by atoms with van der Waals surface area (Å²) in [4.78, 5) is 18.4. The lowest BCUT2D eigenvalue weighted by Gasteiger charge is -2.40. The van der Waals surface area contributed by atoms with Crippen LogP contribution >= 0.6 is 0 Å². The summed E-state index contributed by atoms with van der Waals surface area (Å²) in [7, 11) is 0. The van der Waals surface area contributed by atoms with Crippen LogP contribution in [-0.2, 0) is 11.0 Å². The normalized spacial score (nSPS) is 23.0. The summed E-state index contributed by atoms with van der Waals surface area (Å²) in [6, 6.07) is 7.05. The van der Waals surface area contributed by atoms with Crippen molar-refractivity contribution in [3.05, 3.63) is 89.4 Å². The topological polar surface area (TPSA) is 41.5 Å². The number of fused-ring (bicyclic) bond motifs is 1. The molecule has 2 aliphatic heterocycles. The van der Waals surface area contributed by atoms with Crippen molar-refractivity contribution < 1.29 is 26.7 Å². The van der Waals surface area contributed by atoms with Gasteiger partial charge in [0.05, 0.1) is 11.8 Å². The van der Waals surface area contributed by atoms with Crippen LogP contribution in [-0.4, -0.2) is 11.6 Å². The minimum atomic E-state index is -4.54. The molecule has 2 heterocycles. The zero-order valence-corrected chi connectivity index (χ0v) is 16.3. The first-order valence-electron chi connectivity index (χ1n) is 9.47. The Balaban J connectivity index is 1.90. The third-order valence-corrected chi connectivity index (χ3v) is 5.34. The van der Waals surface area contributed by atoms with Gasteiger partial charge in [0.25, 0.3) is 5.82 Å². The van der Waals surface area contributed by atoms with Crippen LogP contribution in [0.15, 0.2) is 71.6 Å². The number of carbonyl (C=O) groups is 1. The Kier molecular flexibility index (Phi) is 5.01. The molecule has 2 aromatic rings. The lowest BCUT2D eigenvalue weighted by molar-refractivity contribution is -0.137. The molecule has 0 aliphatic carbocycles. The Hall–Kier alpha value is -3.33. The van der Waals surface area contributed by atoms with Crippen LogP contribution < -0.4 is 10.0 Å². The van der Waals surface area contributed by atoms with Gasteiger partial charge in [-0.25, -0.2) is 24.0 Å². The van der Waals surface area contributed by atoms with Crippen LogP contribution in [0.4, 0.5) is 27.6 Å². The number of hydrogen-bond acceptors (Lipinski definition) is 3. The quantitative estimate of drug-likeness (QED) is 0.524. The number of benzene rings is 2. The Morgan fingerprint density at radius 3 is 2.42 bits per heavy atom. The van der Waals surface area contributed by atoms with E-state index >= 15 is 0 Å². The highest BCUT2D eigenvalue weighted by Crippen LogP contribution is 2.41. The minimum absolute atomic E-state index is 0.0492. The highest BCUT2D eigenvalue weighted by molar-refractivity contribution is 6.15. The summed E-state index contributed by atoms with van der Waals surface area (Å²) >= 11 is 0. The van der Waals surface area contributed by atoms with Crippen molar-refractivity contribution in [2.45, 2.75) is 25.4 Å². The van der Waals surface area contributed by atoms with Gasteiger partial charge in [-0.15, -0.1) is 0 Å². The average Bonchev–Trinajstić information content (AvgIpc) is 2.74. The highest BCUT2D eigenvalue weighted by Gasteiger charge is 2.54. The molecule has 31 heavy (non-hydrogen) atoms. The number of aliphatic imine (C=N–C) groups is 1. The zero-order chi connectivity index (χ0) is 22.4. The molecule has 4 rings (SSSR count). The second-order valence-corrected chi connectivity index (χ2v) is 7.12. The third-order valence-electron chi connectivity index (χ3n) is 5.34. The smallest absolute Gasteiger partial charge is 0.226 e. The number of rotatable bonds is 3. The second-order valence-electron chi connectivity index (χ2n) is 7.12. The Morgan fingerprint density at radius 2 is 1.81 bits per heavy atom. The first-order valence-corrected chi connectivity index (χ1v) is 9.47. The van der Waals surface area contributed by atoms with Gasteiger partial charge in [-0.05, 0) is 30.7 Å². The molecule has 2 unspecified atom stereocenters. The lowest BCUT2D eigenvalue weighted by Crippen LogP contribution is -2.65. The Labute approximate surface area is 174 Å². The zero-order valence-electron chi connectivity index (χ0n) is 16.3. The van der Waals surface area contributed by atoms with Gasteiger partial charge in [0.15, 0.2) is 5.69 Å². The molecule has 0 saturated carbocycles. The molecule has 160 valence electrons. The largest absolute Gasteiger partial charge is 0.416 e. The van der Waals surface area contributed by atoms with Crippen LogP contribution in [0.3, 0.4) is 0 Å². The fraction of sp³-hybridized carbons (Fsp3) is 0.182. The molecule has 0 radical (unpaired) electrons. The van der Waals surface area contributed by atoms with E-state index in [1.807, 2.05) is 0 Å². The average molecular weight is 434 g/mol. The van der Waals surface area contributed by atoms with Gasteiger partial charge in [0, 0.05) is 35.6 Å². The molecule has 2 aromatic carbocycles. The van der Waals surface area contributed by atoms with E-state index in [4.69, 9.17) is 0 Å². The van der Waals surface area contributed by atoms with E-state index in [0.717, 1.165) is 18.2 Å². The SMILES string of the molecule is CCC1=NC2=CC=CN[N+]2(c2ccc(C(F)(F)F)cc2)C(=O)C1c1ccc(F)cc1F. The van der Waals surface area contributed by atoms with E-state index in [-0.39, 0.29) is 17.1 Å². The van der Waals surface area contributed by atoms with E-state index in [1.165, 1.54) is 24.4 Å². The predicted molar refractivity (Wildman–Crippen MR) is 105 cm³/mol. The fourth-order valence-electron chi connectivity index (χ4n) is 3.84. The van der Waals surface area contributed by atoms with Gasteiger partial charge in [-0.2, -0.15) is 13.2 Å². The van der Waals surface area contributed by atoms with Gasteiger partial charge in [-0.3, -0.25) is 0 Å². The van der Waals surface area contributed by atoms with Crippen molar-refractivity contribution >= 4 is 17.3 Å². The summed E-state index contributed by atoms with van der Waals surface area (Å²) in [5, 5.41) is 0. The number of alkyl halides is 3. The van der Waals surface area contributed by atoms with Crippen molar-refractivity contribution in [3.63, 3.8) is 0 Å². The van der Waals surface area contributed by atoms with E-state index in [9.17, 15) is 26.7 Å². The van der Waals surface area contributed by atoms with Gasteiger partial charge < -0.3 is 0 Å². The molecule has 0 bridgehead atoms. The molecule has 1 N–H and O–H groups in total. The van der Waals surface area contributed by atoms with Crippen molar-refractivity contribution in [2.75, 3.05) is 0 Å². The molecule has 0 fully saturated rings. The molecule has 2 atom stereocenters. The number of halogens is 5.